The maximum Gasteiger partial charge on any atom is 0.132 e. The quantitative estimate of drug-likeness (QED) is 0.828. The maximum absolute atomic E-state index is 5.73. The monoisotopic (exact) mass is 234 g/mol. The summed E-state index contributed by atoms with van der Waals surface area (Å²) in [5.41, 5.74) is 6.85. The summed E-state index contributed by atoms with van der Waals surface area (Å²) in [5.74, 6) is 1.02. The highest BCUT2D eigenvalue weighted by Crippen LogP contribution is 2.15. The second-order valence-electron chi connectivity index (χ2n) is 4.66. The van der Waals surface area contributed by atoms with E-state index in [0.29, 0.717) is 6.54 Å². The van der Waals surface area contributed by atoms with Gasteiger partial charge in [0.15, 0.2) is 0 Å². The standard InChI is InChI=1S/C13H22N4/c1-16(9-10-17-7-2-3-8-17)13-12(11-14)5-4-6-15-13/h4-6H,2-3,7-11,14H2,1H3. The Morgan fingerprint density at radius 1 is 1.41 bits per heavy atom. The van der Waals surface area contributed by atoms with Gasteiger partial charge in [-0.15, -0.1) is 0 Å². The third kappa shape index (κ3) is 3.17. The lowest BCUT2D eigenvalue weighted by Gasteiger charge is -2.23. The third-order valence-electron chi connectivity index (χ3n) is 3.40. The highest BCUT2D eigenvalue weighted by atomic mass is 15.2. The van der Waals surface area contributed by atoms with E-state index in [2.05, 4.69) is 27.9 Å². The number of pyridine rings is 1. The summed E-state index contributed by atoms with van der Waals surface area (Å²) in [5, 5.41) is 0. The molecule has 0 bridgehead atoms. The molecule has 1 aromatic heterocycles. The Morgan fingerprint density at radius 2 is 2.18 bits per heavy atom. The van der Waals surface area contributed by atoms with Gasteiger partial charge in [-0.1, -0.05) is 6.07 Å². The van der Waals surface area contributed by atoms with Gasteiger partial charge in [0.25, 0.3) is 0 Å². The number of hydrogen-bond acceptors (Lipinski definition) is 4. The van der Waals surface area contributed by atoms with Crippen molar-refractivity contribution in [3.63, 3.8) is 0 Å². The minimum atomic E-state index is 0.553. The lowest BCUT2D eigenvalue weighted by Crippen LogP contribution is -2.32. The number of anilines is 1. The molecule has 2 heterocycles. The van der Waals surface area contributed by atoms with Crippen molar-refractivity contribution in [2.24, 2.45) is 5.73 Å². The Balaban J connectivity index is 1.91. The fraction of sp³-hybridized carbons (Fsp3) is 0.615. The molecule has 1 aromatic rings. The summed E-state index contributed by atoms with van der Waals surface area (Å²) in [7, 11) is 2.09. The van der Waals surface area contributed by atoms with Gasteiger partial charge in [-0.25, -0.2) is 4.98 Å². The van der Waals surface area contributed by atoms with Gasteiger partial charge >= 0.3 is 0 Å². The van der Waals surface area contributed by atoms with Crippen LogP contribution in [0, 0.1) is 0 Å². The van der Waals surface area contributed by atoms with Crippen LogP contribution in [0.3, 0.4) is 0 Å². The van der Waals surface area contributed by atoms with Crippen molar-refractivity contribution in [2.45, 2.75) is 19.4 Å². The van der Waals surface area contributed by atoms with Crippen molar-refractivity contribution in [2.75, 3.05) is 38.1 Å². The predicted molar refractivity (Wildman–Crippen MR) is 71.1 cm³/mol. The maximum atomic E-state index is 5.73. The van der Waals surface area contributed by atoms with Crippen LogP contribution in [0.25, 0.3) is 0 Å². The molecule has 4 nitrogen and oxygen atoms in total. The summed E-state index contributed by atoms with van der Waals surface area (Å²) in [6.45, 7) is 5.19. The number of hydrogen-bond donors (Lipinski definition) is 1. The Hall–Kier alpha value is -1.13. The van der Waals surface area contributed by atoms with Crippen LogP contribution in [0.5, 0.6) is 0 Å². The van der Waals surface area contributed by atoms with Crippen molar-refractivity contribution < 1.29 is 0 Å². The number of nitrogens with two attached hydrogens (primary N) is 1. The van der Waals surface area contributed by atoms with Crippen LogP contribution in [0.2, 0.25) is 0 Å². The molecule has 2 rings (SSSR count). The van der Waals surface area contributed by atoms with Crippen LogP contribution in [0.1, 0.15) is 18.4 Å². The lowest BCUT2D eigenvalue weighted by atomic mass is 10.2. The van der Waals surface area contributed by atoms with Crippen LogP contribution in [-0.4, -0.2) is 43.1 Å². The molecule has 4 heteroatoms. The normalized spacial score (nSPS) is 16.4. The minimum Gasteiger partial charge on any atom is -0.358 e. The Bertz CT molecular complexity index is 347. The Kier molecular flexibility index (Phi) is 4.34. The smallest absolute Gasteiger partial charge is 0.132 e. The molecule has 1 saturated heterocycles. The molecule has 0 saturated carbocycles. The zero-order valence-corrected chi connectivity index (χ0v) is 10.6. The van der Waals surface area contributed by atoms with E-state index >= 15 is 0 Å². The van der Waals surface area contributed by atoms with Gasteiger partial charge in [0.05, 0.1) is 0 Å². The zero-order chi connectivity index (χ0) is 12.1. The SMILES string of the molecule is CN(CCN1CCCC1)c1ncccc1CN. The molecule has 0 spiro atoms. The van der Waals surface area contributed by atoms with Crippen molar-refractivity contribution >= 4 is 5.82 Å². The molecule has 0 atom stereocenters. The molecule has 0 aliphatic carbocycles. The molecular formula is C13H22N4. The van der Waals surface area contributed by atoms with Gasteiger partial charge in [0.1, 0.15) is 5.82 Å². The fourth-order valence-electron chi connectivity index (χ4n) is 2.34. The van der Waals surface area contributed by atoms with Crippen LogP contribution in [0.4, 0.5) is 5.82 Å². The van der Waals surface area contributed by atoms with Gasteiger partial charge in [0.2, 0.25) is 0 Å². The van der Waals surface area contributed by atoms with Gasteiger partial charge in [-0.3, -0.25) is 0 Å². The van der Waals surface area contributed by atoms with Crippen LogP contribution < -0.4 is 10.6 Å². The van der Waals surface area contributed by atoms with Gasteiger partial charge in [-0.05, 0) is 32.0 Å². The van der Waals surface area contributed by atoms with E-state index in [0.717, 1.165) is 24.5 Å². The number of likely N-dealkylation sites (N-methyl/N-ethyl adjacent to an activating group) is 1. The fourth-order valence-corrected chi connectivity index (χ4v) is 2.34. The molecular weight excluding hydrogens is 212 g/mol. The number of likely N-dealkylation sites (tertiary alicyclic amines) is 1. The first-order valence-electron chi connectivity index (χ1n) is 6.38. The van der Waals surface area contributed by atoms with Gasteiger partial charge in [-0.2, -0.15) is 0 Å². The van der Waals surface area contributed by atoms with E-state index in [4.69, 9.17) is 5.73 Å². The summed E-state index contributed by atoms with van der Waals surface area (Å²) >= 11 is 0. The van der Waals surface area contributed by atoms with Gasteiger partial charge < -0.3 is 15.5 Å². The highest BCUT2D eigenvalue weighted by molar-refractivity contribution is 5.45. The first-order valence-corrected chi connectivity index (χ1v) is 6.38. The molecule has 1 aliphatic rings. The molecule has 0 unspecified atom stereocenters. The average Bonchev–Trinajstić information content (AvgIpc) is 2.89. The van der Waals surface area contributed by atoms with Crippen molar-refractivity contribution in [1.29, 1.82) is 0 Å². The largest absolute Gasteiger partial charge is 0.358 e. The molecule has 17 heavy (non-hydrogen) atoms. The molecule has 0 aromatic carbocycles. The number of aromatic nitrogens is 1. The topological polar surface area (TPSA) is 45.4 Å². The zero-order valence-electron chi connectivity index (χ0n) is 10.6. The van der Waals surface area contributed by atoms with Crippen molar-refractivity contribution in [3.05, 3.63) is 23.9 Å². The summed E-state index contributed by atoms with van der Waals surface area (Å²) in [4.78, 5) is 9.15. The highest BCUT2D eigenvalue weighted by Gasteiger charge is 2.13. The predicted octanol–water partition coefficient (Wildman–Crippen LogP) is 1.07. The summed E-state index contributed by atoms with van der Waals surface area (Å²) in [6.07, 6.45) is 4.53. The van der Waals surface area contributed by atoms with E-state index in [1.165, 1.54) is 25.9 Å². The van der Waals surface area contributed by atoms with Crippen LogP contribution >= 0.6 is 0 Å². The average molecular weight is 234 g/mol. The lowest BCUT2D eigenvalue weighted by molar-refractivity contribution is 0.346. The van der Waals surface area contributed by atoms with E-state index in [1.807, 2.05) is 12.3 Å². The molecule has 0 radical (unpaired) electrons. The Labute approximate surface area is 103 Å². The molecule has 94 valence electrons. The second kappa shape index (κ2) is 5.98. The van der Waals surface area contributed by atoms with Crippen LogP contribution in [-0.2, 0) is 6.54 Å². The van der Waals surface area contributed by atoms with E-state index in [-0.39, 0.29) is 0 Å². The molecule has 0 amide bonds. The number of nitrogens with zero attached hydrogens (tertiary/aromatic N) is 3. The number of rotatable bonds is 5. The first kappa shape index (κ1) is 12.3. The third-order valence-corrected chi connectivity index (χ3v) is 3.40. The first-order chi connectivity index (χ1) is 8.31. The van der Waals surface area contributed by atoms with Gasteiger partial charge in [0, 0.05) is 38.4 Å². The Morgan fingerprint density at radius 3 is 2.88 bits per heavy atom. The molecule has 1 aliphatic heterocycles. The van der Waals surface area contributed by atoms with E-state index in [9.17, 15) is 0 Å². The van der Waals surface area contributed by atoms with Crippen LogP contribution in [0.15, 0.2) is 18.3 Å². The summed E-state index contributed by atoms with van der Waals surface area (Å²) in [6, 6.07) is 3.99. The second-order valence-corrected chi connectivity index (χ2v) is 4.66. The minimum absolute atomic E-state index is 0.553. The van der Waals surface area contributed by atoms with Crippen molar-refractivity contribution in [3.8, 4) is 0 Å². The molecule has 1 fully saturated rings. The molecule has 2 N–H and O–H groups in total. The van der Waals surface area contributed by atoms with E-state index in [1.54, 1.807) is 0 Å². The van der Waals surface area contributed by atoms with Crippen molar-refractivity contribution in [1.82, 2.24) is 9.88 Å². The van der Waals surface area contributed by atoms with E-state index < -0.39 is 0 Å². The summed E-state index contributed by atoms with van der Waals surface area (Å²) < 4.78 is 0.